The average molecular weight is 411 g/mol. The molecular weight excluding hydrogens is 380 g/mol. The molecule has 0 N–H and O–H groups in total. The number of piperidine rings is 1. The second kappa shape index (κ2) is 9.58. The molecule has 0 atom stereocenters. The van der Waals surface area contributed by atoms with E-state index in [1.54, 1.807) is 6.92 Å². The molecule has 2 aliphatic rings. The van der Waals surface area contributed by atoms with E-state index in [1.165, 1.54) is 63.7 Å². The van der Waals surface area contributed by atoms with Crippen LogP contribution in [0.4, 0.5) is 11.4 Å². The summed E-state index contributed by atoms with van der Waals surface area (Å²) in [6.07, 6.45) is 11.8. The lowest BCUT2D eigenvalue weighted by Crippen LogP contribution is -2.41. The van der Waals surface area contributed by atoms with Crippen LogP contribution in [0.2, 0.25) is 0 Å². The molecule has 2 fully saturated rings. The SMILES string of the molecule is CC(=O)c1ccc(N=Cc2ccc(N3CCC4(CCCCC4)CC3)cc2)cc1.Cl. The molecule has 0 aromatic heterocycles. The van der Waals surface area contributed by atoms with Crippen LogP contribution in [0.5, 0.6) is 0 Å². The van der Waals surface area contributed by atoms with E-state index in [1.807, 2.05) is 30.5 Å². The van der Waals surface area contributed by atoms with Crippen molar-refractivity contribution in [1.82, 2.24) is 0 Å². The van der Waals surface area contributed by atoms with Crippen molar-refractivity contribution < 1.29 is 4.79 Å². The minimum atomic E-state index is 0. The lowest BCUT2D eigenvalue weighted by molar-refractivity contribution is 0.101. The number of carbonyl (C=O) groups excluding carboxylic acids is 1. The predicted molar refractivity (Wildman–Crippen MR) is 124 cm³/mol. The lowest BCUT2D eigenvalue weighted by Gasteiger charge is -2.45. The van der Waals surface area contributed by atoms with Crippen LogP contribution in [-0.4, -0.2) is 25.1 Å². The summed E-state index contributed by atoms with van der Waals surface area (Å²) in [5.74, 6) is 0.0817. The Morgan fingerprint density at radius 3 is 2.10 bits per heavy atom. The fraction of sp³-hybridized carbons (Fsp3) is 0.440. The molecule has 1 aliphatic heterocycles. The van der Waals surface area contributed by atoms with Crippen LogP contribution in [0.25, 0.3) is 0 Å². The number of Topliss-reactive ketones (excluding diaryl/α,β-unsaturated/α-hetero) is 1. The maximum Gasteiger partial charge on any atom is 0.159 e. The smallest absolute Gasteiger partial charge is 0.159 e. The van der Waals surface area contributed by atoms with Crippen LogP contribution in [-0.2, 0) is 0 Å². The Morgan fingerprint density at radius 2 is 1.52 bits per heavy atom. The molecule has 1 heterocycles. The Kier molecular flexibility index (Phi) is 7.13. The van der Waals surface area contributed by atoms with Crippen molar-refractivity contribution in [3.05, 3.63) is 59.7 Å². The van der Waals surface area contributed by atoms with Gasteiger partial charge in [-0.3, -0.25) is 9.79 Å². The van der Waals surface area contributed by atoms with E-state index in [2.05, 4.69) is 34.2 Å². The number of anilines is 1. The first kappa shape index (κ1) is 21.6. The van der Waals surface area contributed by atoms with Crippen molar-refractivity contribution in [3.63, 3.8) is 0 Å². The van der Waals surface area contributed by atoms with Crippen LogP contribution in [0.1, 0.15) is 67.8 Å². The number of carbonyl (C=O) groups is 1. The Morgan fingerprint density at radius 1 is 0.897 bits per heavy atom. The number of nitrogens with zero attached hydrogens (tertiary/aromatic N) is 2. The summed E-state index contributed by atoms with van der Waals surface area (Å²) < 4.78 is 0. The number of ketones is 1. The van der Waals surface area contributed by atoms with Crippen molar-refractivity contribution in [2.24, 2.45) is 10.4 Å². The Hall–Kier alpha value is -2.13. The van der Waals surface area contributed by atoms with E-state index in [4.69, 9.17) is 0 Å². The highest BCUT2D eigenvalue weighted by molar-refractivity contribution is 5.94. The molecule has 1 saturated carbocycles. The molecule has 2 aromatic rings. The van der Waals surface area contributed by atoms with Crippen LogP contribution < -0.4 is 4.90 Å². The molecular formula is C25H31ClN2O. The van der Waals surface area contributed by atoms with E-state index in [0.717, 1.165) is 16.8 Å². The molecule has 1 saturated heterocycles. The fourth-order valence-corrected chi connectivity index (χ4v) is 4.74. The largest absolute Gasteiger partial charge is 0.371 e. The van der Waals surface area contributed by atoms with E-state index >= 15 is 0 Å². The fourth-order valence-electron chi connectivity index (χ4n) is 4.74. The van der Waals surface area contributed by atoms with Crippen molar-refractivity contribution in [1.29, 1.82) is 0 Å². The number of hydrogen-bond acceptors (Lipinski definition) is 3. The molecule has 4 heteroatoms. The van der Waals surface area contributed by atoms with Gasteiger partial charge in [0.1, 0.15) is 0 Å². The number of halogens is 1. The van der Waals surface area contributed by atoms with E-state index < -0.39 is 0 Å². The third kappa shape index (κ3) is 5.27. The molecule has 0 bridgehead atoms. The highest BCUT2D eigenvalue weighted by Crippen LogP contribution is 2.45. The van der Waals surface area contributed by atoms with Gasteiger partial charge in [-0.1, -0.05) is 31.4 Å². The summed E-state index contributed by atoms with van der Waals surface area (Å²) in [4.78, 5) is 18.4. The predicted octanol–water partition coefficient (Wildman–Crippen LogP) is 6.61. The first-order valence-electron chi connectivity index (χ1n) is 10.6. The average Bonchev–Trinajstić information content (AvgIpc) is 2.74. The molecule has 1 spiro atoms. The lowest BCUT2D eigenvalue weighted by atomic mass is 9.68. The summed E-state index contributed by atoms with van der Waals surface area (Å²) in [6.45, 7) is 3.96. The first-order valence-corrected chi connectivity index (χ1v) is 10.6. The molecule has 1 aliphatic carbocycles. The van der Waals surface area contributed by atoms with Gasteiger partial charge in [-0.15, -0.1) is 12.4 Å². The zero-order chi connectivity index (χ0) is 19.4. The highest BCUT2D eigenvalue weighted by Gasteiger charge is 2.35. The molecule has 3 nitrogen and oxygen atoms in total. The van der Waals surface area contributed by atoms with Crippen molar-refractivity contribution in [2.45, 2.75) is 51.9 Å². The van der Waals surface area contributed by atoms with Gasteiger partial charge in [-0.25, -0.2) is 0 Å². The van der Waals surface area contributed by atoms with Crippen LogP contribution in [0, 0.1) is 5.41 Å². The monoisotopic (exact) mass is 410 g/mol. The van der Waals surface area contributed by atoms with Gasteiger partial charge in [0, 0.05) is 30.6 Å². The van der Waals surface area contributed by atoms with Crippen molar-refractivity contribution >= 4 is 35.8 Å². The third-order valence-corrected chi connectivity index (χ3v) is 6.63. The second-order valence-electron chi connectivity index (χ2n) is 8.50. The van der Waals surface area contributed by atoms with Gasteiger partial charge < -0.3 is 4.90 Å². The minimum absolute atomic E-state index is 0. The van der Waals surface area contributed by atoms with Gasteiger partial charge in [0.15, 0.2) is 5.78 Å². The molecule has 29 heavy (non-hydrogen) atoms. The molecule has 0 unspecified atom stereocenters. The van der Waals surface area contributed by atoms with E-state index in [9.17, 15) is 4.79 Å². The van der Waals surface area contributed by atoms with E-state index in [-0.39, 0.29) is 18.2 Å². The Balaban J connectivity index is 0.00000240. The van der Waals surface area contributed by atoms with E-state index in [0.29, 0.717) is 5.41 Å². The molecule has 4 rings (SSSR count). The summed E-state index contributed by atoms with van der Waals surface area (Å²) in [5.41, 5.74) is 4.66. The quantitative estimate of drug-likeness (QED) is 0.419. The maximum atomic E-state index is 11.3. The zero-order valence-electron chi connectivity index (χ0n) is 17.3. The molecule has 0 amide bonds. The Bertz CT molecular complexity index is 826. The third-order valence-electron chi connectivity index (χ3n) is 6.63. The van der Waals surface area contributed by atoms with Gasteiger partial charge in [-0.05, 0) is 80.0 Å². The number of hydrogen-bond donors (Lipinski definition) is 0. The van der Waals surface area contributed by atoms with Gasteiger partial charge >= 0.3 is 0 Å². The van der Waals surface area contributed by atoms with Gasteiger partial charge in [0.25, 0.3) is 0 Å². The summed E-state index contributed by atoms with van der Waals surface area (Å²) >= 11 is 0. The molecule has 2 aromatic carbocycles. The van der Waals surface area contributed by atoms with Crippen molar-refractivity contribution in [3.8, 4) is 0 Å². The van der Waals surface area contributed by atoms with Crippen LogP contribution in [0.3, 0.4) is 0 Å². The maximum absolute atomic E-state index is 11.3. The second-order valence-corrected chi connectivity index (χ2v) is 8.50. The molecule has 0 radical (unpaired) electrons. The molecule has 154 valence electrons. The first-order chi connectivity index (χ1) is 13.6. The summed E-state index contributed by atoms with van der Waals surface area (Å²) in [7, 11) is 0. The standard InChI is InChI=1S/C25H30N2O.ClH/c1-20(28)22-7-9-23(10-8-22)26-19-21-5-11-24(12-6-21)27-17-15-25(16-18-27)13-3-2-4-14-25;/h5-12,19H,2-4,13-18H2,1H3;1H. The Labute approximate surface area is 180 Å². The summed E-state index contributed by atoms with van der Waals surface area (Å²) in [6, 6.07) is 16.2. The van der Waals surface area contributed by atoms with Crippen LogP contribution in [0.15, 0.2) is 53.5 Å². The summed E-state index contributed by atoms with van der Waals surface area (Å²) in [5, 5.41) is 0. The number of benzene rings is 2. The number of rotatable bonds is 4. The van der Waals surface area contributed by atoms with Gasteiger partial charge in [0.05, 0.1) is 5.69 Å². The normalized spacial score (nSPS) is 18.6. The van der Waals surface area contributed by atoms with Gasteiger partial charge in [0.2, 0.25) is 0 Å². The number of aliphatic imine (C=N–C) groups is 1. The van der Waals surface area contributed by atoms with Crippen molar-refractivity contribution in [2.75, 3.05) is 18.0 Å². The topological polar surface area (TPSA) is 32.7 Å². The zero-order valence-corrected chi connectivity index (χ0v) is 18.1. The van der Waals surface area contributed by atoms with Gasteiger partial charge in [-0.2, -0.15) is 0 Å². The highest BCUT2D eigenvalue weighted by atomic mass is 35.5. The van der Waals surface area contributed by atoms with Crippen LogP contribution >= 0.6 is 12.4 Å². The minimum Gasteiger partial charge on any atom is -0.371 e.